The number of pyridine rings is 1. The van der Waals surface area contributed by atoms with Crippen molar-refractivity contribution in [1.29, 1.82) is 0 Å². The number of hydrogen-bond donors (Lipinski definition) is 3. The third-order valence-electron chi connectivity index (χ3n) is 3.42. The molecule has 0 atom stereocenters. The van der Waals surface area contributed by atoms with Crippen LogP contribution in [0.4, 0.5) is 0 Å². The van der Waals surface area contributed by atoms with Crippen molar-refractivity contribution in [2.24, 2.45) is 0 Å². The van der Waals surface area contributed by atoms with Crippen LogP contribution in [-0.2, 0) is 12.8 Å². The zero-order valence-electron chi connectivity index (χ0n) is 11.3. The Morgan fingerprint density at radius 2 is 2.11 bits per heavy atom. The minimum atomic E-state index is -0.285. The molecule has 0 radical (unpaired) electrons. The van der Waals surface area contributed by atoms with Crippen molar-refractivity contribution in [2.45, 2.75) is 32.6 Å². The number of likely N-dealkylation sites (N-methyl/N-ethyl adjacent to an activating group) is 1. The largest absolute Gasteiger partial charge is 0.351 e. The summed E-state index contributed by atoms with van der Waals surface area (Å²) in [7, 11) is 0. The van der Waals surface area contributed by atoms with Gasteiger partial charge in [-0.1, -0.05) is 6.92 Å². The third-order valence-corrected chi connectivity index (χ3v) is 3.42. The van der Waals surface area contributed by atoms with Crippen molar-refractivity contribution in [2.75, 3.05) is 19.6 Å². The van der Waals surface area contributed by atoms with Crippen LogP contribution in [0.25, 0.3) is 0 Å². The van der Waals surface area contributed by atoms with E-state index in [1.807, 2.05) is 6.92 Å². The predicted molar refractivity (Wildman–Crippen MR) is 74.6 cm³/mol. The van der Waals surface area contributed by atoms with Crippen molar-refractivity contribution in [3.05, 3.63) is 33.2 Å². The fraction of sp³-hybridized carbons (Fsp3) is 0.571. The van der Waals surface area contributed by atoms with Crippen LogP contribution in [-0.4, -0.2) is 30.5 Å². The number of aryl methyl sites for hydroxylation is 2. The first-order valence-corrected chi connectivity index (χ1v) is 6.96. The maximum Gasteiger partial charge on any atom is 0.261 e. The molecule has 0 spiro atoms. The normalized spacial score (nSPS) is 13.9. The molecule has 3 N–H and O–H groups in total. The summed E-state index contributed by atoms with van der Waals surface area (Å²) in [4.78, 5) is 26.7. The van der Waals surface area contributed by atoms with Gasteiger partial charge in [-0.3, -0.25) is 9.59 Å². The Balaban J connectivity index is 2.07. The van der Waals surface area contributed by atoms with E-state index in [1.54, 1.807) is 6.07 Å². The number of fused-ring (bicyclic) bond motifs is 1. The van der Waals surface area contributed by atoms with E-state index >= 15 is 0 Å². The molecule has 0 saturated heterocycles. The summed E-state index contributed by atoms with van der Waals surface area (Å²) < 4.78 is 0. The number of rotatable bonds is 5. The molecule has 1 aromatic heterocycles. The highest BCUT2D eigenvalue weighted by Crippen LogP contribution is 2.18. The van der Waals surface area contributed by atoms with E-state index in [0.717, 1.165) is 43.5 Å². The molecule has 19 heavy (non-hydrogen) atoms. The summed E-state index contributed by atoms with van der Waals surface area (Å²) in [6.45, 7) is 4.12. The minimum Gasteiger partial charge on any atom is -0.351 e. The predicted octanol–water partition coefficient (Wildman–Crippen LogP) is 0.593. The van der Waals surface area contributed by atoms with Gasteiger partial charge >= 0.3 is 0 Å². The Labute approximate surface area is 112 Å². The Morgan fingerprint density at radius 3 is 2.89 bits per heavy atom. The Morgan fingerprint density at radius 1 is 1.32 bits per heavy atom. The SMILES string of the molecule is CCNCCNC(=O)c1cc2c([nH]c1=O)CCCC2. The highest BCUT2D eigenvalue weighted by Gasteiger charge is 2.16. The van der Waals surface area contributed by atoms with Gasteiger partial charge in [0, 0.05) is 18.8 Å². The second kappa shape index (κ2) is 6.52. The number of hydrogen-bond acceptors (Lipinski definition) is 3. The van der Waals surface area contributed by atoms with E-state index in [4.69, 9.17) is 0 Å². The first-order valence-electron chi connectivity index (χ1n) is 6.96. The molecule has 5 nitrogen and oxygen atoms in total. The monoisotopic (exact) mass is 263 g/mol. The van der Waals surface area contributed by atoms with E-state index in [-0.39, 0.29) is 17.0 Å². The van der Waals surface area contributed by atoms with Gasteiger partial charge in [0.15, 0.2) is 0 Å². The quantitative estimate of drug-likeness (QED) is 0.681. The van der Waals surface area contributed by atoms with Crippen LogP contribution >= 0.6 is 0 Å². The molecule has 1 amide bonds. The minimum absolute atomic E-state index is 0.233. The maximum atomic E-state index is 12.0. The van der Waals surface area contributed by atoms with Gasteiger partial charge in [0.25, 0.3) is 11.5 Å². The summed E-state index contributed by atoms with van der Waals surface area (Å²) in [6, 6.07) is 1.76. The molecule has 5 heteroatoms. The average molecular weight is 263 g/mol. The van der Waals surface area contributed by atoms with Gasteiger partial charge in [-0.2, -0.15) is 0 Å². The zero-order valence-corrected chi connectivity index (χ0v) is 11.3. The molecule has 0 fully saturated rings. The lowest BCUT2D eigenvalue weighted by Gasteiger charge is -2.15. The van der Waals surface area contributed by atoms with Crippen LogP contribution in [0.2, 0.25) is 0 Å². The maximum absolute atomic E-state index is 12.0. The molecule has 0 aliphatic heterocycles. The number of H-pyrrole nitrogens is 1. The highest BCUT2D eigenvalue weighted by molar-refractivity contribution is 5.94. The van der Waals surface area contributed by atoms with Crippen molar-refractivity contribution in [3.63, 3.8) is 0 Å². The smallest absolute Gasteiger partial charge is 0.261 e. The number of amides is 1. The van der Waals surface area contributed by atoms with Gasteiger partial charge in [0.1, 0.15) is 5.56 Å². The molecule has 104 valence electrons. The summed E-state index contributed by atoms with van der Waals surface area (Å²) >= 11 is 0. The molecule has 1 aliphatic rings. The molecule has 1 aliphatic carbocycles. The second-order valence-corrected chi connectivity index (χ2v) is 4.83. The van der Waals surface area contributed by atoms with E-state index < -0.39 is 0 Å². The molecule has 1 aromatic rings. The van der Waals surface area contributed by atoms with Crippen molar-refractivity contribution >= 4 is 5.91 Å². The number of aromatic nitrogens is 1. The lowest BCUT2D eigenvalue weighted by atomic mass is 9.95. The summed E-state index contributed by atoms with van der Waals surface area (Å²) in [5.41, 5.74) is 2.07. The Bertz CT molecular complexity index is 508. The lowest BCUT2D eigenvalue weighted by Crippen LogP contribution is -2.35. The fourth-order valence-corrected chi connectivity index (χ4v) is 2.38. The third kappa shape index (κ3) is 3.44. The summed E-state index contributed by atoms with van der Waals surface area (Å²) in [5.74, 6) is -0.285. The number of nitrogens with one attached hydrogen (secondary N) is 3. The molecule has 1 heterocycles. The number of carbonyl (C=O) groups excluding carboxylic acids is 1. The van der Waals surface area contributed by atoms with E-state index in [9.17, 15) is 9.59 Å². The van der Waals surface area contributed by atoms with Gasteiger partial charge in [0.05, 0.1) is 0 Å². The number of aromatic amines is 1. The van der Waals surface area contributed by atoms with Crippen LogP contribution in [0.5, 0.6) is 0 Å². The van der Waals surface area contributed by atoms with Gasteiger partial charge < -0.3 is 15.6 Å². The molecule has 0 saturated carbocycles. The van der Waals surface area contributed by atoms with Crippen LogP contribution in [0.1, 0.15) is 41.4 Å². The molecular formula is C14H21N3O2. The van der Waals surface area contributed by atoms with Crippen LogP contribution < -0.4 is 16.2 Å². The van der Waals surface area contributed by atoms with Crippen molar-refractivity contribution in [3.8, 4) is 0 Å². The van der Waals surface area contributed by atoms with Crippen molar-refractivity contribution < 1.29 is 4.79 Å². The van der Waals surface area contributed by atoms with Gasteiger partial charge in [-0.15, -0.1) is 0 Å². The topological polar surface area (TPSA) is 74.0 Å². The van der Waals surface area contributed by atoms with Crippen molar-refractivity contribution in [1.82, 2.24) is 15.6 Å². The molecule has 0 unspecified atom stereocenters. The summed E-state index contributed by atoms with van der Waals surface area (Å²) in [5, 5.41) is 5.88. The van der Waals surface area contributed by atoms with Crippen LogP contribution in [0.3, 0.4) is 0 Å². The van der Waals surface area contributed by atoms with Crippen LogP contribution in [0.15, 0.2) is 10.9 Å². The van der Waals surface area contributed by atoms with E-state index in [1.165, 1.54) is 0 Å². The van der Waals surface area contributed by atoms with Gasteiger partial charge in [-0.25, -0.2) is 0 Å². The molecule has 0 bridgehead atoms. The lowest BCUT2D eigenvalue weighted by molar-refractivity contribution is 0.0952. The first kappa shape index (κ1) is 13.8. The molecular weight excluding hydrogens is 242 g/mol. The first-order chi connectivity index (χ1) is 9.22. The van der Waals surface area contributed by atoms with Gasteiger partial charge in [0.2, 0.25) is 0 Å². The molecule has 2 rings (SSSR count). The van der Waals surface area contributed by atoms with E-state index in [0.29, 0.717) is 13.1 Å². The second-order valence-electron chi connectivity index (χ2n) is 4.83. The highest BCUT2D eigenvalue weighted by atomic mass is 16.2. The van der Waals surface area contributed by atoms with Gasteiger partial charge in [-0.05, 0) is 43.9 Å². The average Bonchev–Trinajstić information content (AvgIpc) is 2.42. The standard InChI is InChI=1S/C14H21N3O2/c1-2-15-7-8-16-13(18)11-9-10-5-3-4-6-12(10)17-14(11)19/h9,15H,2-8H2,1H3,(H,16,18)(H,17,19). The Hall–Kier alpha value is -1.62. The zero-order chi connectivity index (χ0) is 13.7. The number of carbonyl (C=O) groups is 1. The molecule has 0 aromatic carbocycles. The summed E-state index contributed by atoms with van der Waals surface area (Å²) in [6.07, 6.45) is 4.09. The fourth-order valence-electron chi connectivity index (χ4n) is 2.38. The van der Waals surface area contributed by atoms with E-state index in [2.05, 4.69) is 15.6 Å². The Kier molecular flexibility index (Phi) is 4.74. The van der Waals surface area contributed by atoms with Crippen LogP contribution in [0, 0.1) is 0 Å².